The molecule has 1 fully saturated rings. The van der Waals surface area contributed by atoms with Gasteiger partial charge in [-0.15, -0.1) is 0 Å². The van der Waals surface area contributed by atoms with Crippen LogP contribution in [0.1, 0.15) is 24.0 Å². The Balaban J connectivity index is 1.40. The van der Waals surface area contributed by atoms with Crippen LogP contribution in [0.3, 0.4) is 0 Å². The lowest BCUT2D eigenvalue weighted by molar-refractivity contribution is -0.117. The predicted molar refractivity (Wildman–Crippen MR) is 96.0 cm³/mol. The molecule has 2 aromatic carbocycles. The van der Waals surface area contributed by atoms with Crippen molar-refractivity contribution in [3.05, 3.63) is 53.6 Å². The van der Waals surface area contributed by atoms with Crippen LogP contribution in [0.2, 0.25) is 0 Å². The highest BCUT2D eigenvalue weighted by atomic mass is 16.6. The highest BCUT2D eigenvalue weighted by molar-refractivity contribution is 5.95. The first-order valence-electron chi connectivity index (χ1n) is 8.79. The van der Waals surface area contributed by atoms with Gasteiger partial charge in [-0.05, 0) is 30.2 Å². The fourth-order valence-electron chi connectivity index (χ4n) is 3.37. The van der Waals surface area contributed by atoms with E-state index >= 15 is 0 Å². The van der Waals surface area contributed by atoms with Crippen molar-refractivity contribution in [3.63, 3.8) is 0 Å². The van der Waals surface area contributed by atoms with Crippen LogP contribution < -0.4 is 19.7 Å². The zero-order chi connectivity index (χ0) is 17.1. The molecule has 0 unspecified atom stereocenters. The lowest BCUT2D eigenvalue weighted by Crippen LogP contribution is -2.24. The Labute approximate surface area is 147 Å². The molecule has 0 saturated carbocycles. The summed E-state index contributed by atoms with van der Waals surface area (Å²) < 4.78 is 11.4. The van der Waals surface area contributed by atoms with Gasteiger partial charge in [-0.3, -0.25) is 4.79 Å². The number of anilines is 1. The highest BCUT2D eigenvalue weighted by Crippen LogP contribution is 2.33. The van der Waals surface area contributed by atoms with E-state index in [9.17, 15) is 4.79 Å². The Hall–Kier alpha value is -2.53. The molecule has 1 saturated heterocycles. The van der Waals surface area contributed by atoms with Crippen LogP contribution in [0.25, 0.3) is 0 Å². The van der Waals surface area contributed by atoms with Gasteiger partial charge in [0.25, 0.3) is 0 Å². The molecule has 0 spiro atoms. The van der Waals surface area contributed by atoms with Crippen LogP contribution in [0.5, 0.6) is 11.5 Å². The predicted octanol–water partition coefficient (Wildman–Crippen LogP) is 2.87. The summed E-state index contributed by atoms with van der Waals surface area (Å²) in [5.74, 6) is 1.89. The maximum Gasteiger partial charge on any atom is 0.227 e. The molecule has 5 nitrogen and oxygen atoms in total. The van der Waals surface area contributed by atoms with Gasteiger partial charge in [0.2, 0.25) is 5.91 Å². The van der Waals surface area contributed by atoms with Gasteiger partial charge >= 0.3 is 0 Å². The Bertz CT molecular complexity index is 775. The van der Waals surface area contributed by atoms with Gasteiger partial charge in [-0.2, -0.15) is 0 Å². The number of nitrogens with one attached hydrogen (secondary N) is 1. The van der Waals surface area contributed by atoms with Crippen LogP contribution in [-0.4, -0.2) is 25.7 Å². The van der Waals surface area contributed by atoms with E-state index in [0.717, 1.165) is 42.3 Å². The van der Waals surface area contributed by atoms with Gasteiger partial charge < -0.3 is 19.7 Å². The first kappa shape index (κ1) is 16.0. The number of carbonyl (C=O) groups excluding carboxylic acids is 1. The lowest BCUT2D eigenvalue weighted by atomic mass is 10.1. The monoisotopic (exact) mass is 338 g/mol. The fraction of sp³-hybridized carbons (Fsp3) is 0.350. The Morgan fingerprint density at radius 3 is 2.80 bits per heavy atom. The number of rotatable bonds is 5. The molecule has 130 valence electrons. The Morgan fingerprint density at radius 2 is 1.92 bits per heavy atom. The van der Waals surface area contributed by atoms with Gasteiger partial charge in [0.05, 0.1) is 0 Å². The van der Waals surface area contributed by atoms with E-state index in [-0.39, 0.29) is 5.91 Å². The summed E-state index contributed by atoms with van der Waals surface area (Å²) in [6, 6.07) is 14.2. The number of ether oxygens (including phenoxy) is 2. The summed E-state index contributed by atoms with van der Waals surface area (Å²) in [7, 11) is 0. The van der Waals surface area contributed by atoms with E-state index in [4.69, 9.17) is 9.47 Å². The molecule has 5 heteroatoms. The molecule has 25 heavy (non-hydrogen) atoms. The van der Waals surface area contributed by atoms with E-state index in [0.29, 0.717) is 26.2 Å². The van der Waals surface area contributed by atoms with Crippen molar-refractivity contribution in [2.24, 2.45) is 0 Å². The van der Waals surface area contributed by atoms with Crippen molar-refractivity contribution in [2.45, 2.75) is 25.9 Å². The van der Waals surface area contributed by atoms with E-state index in [2.05, 4.69) is 23.5 Å². The summed E-state index contributed by atoms with van der Waals surface area (Å²) in [6.45, 7) is 3.46. The topological polar surface area (TPSA) is 50.8 Å². The molecule has 2 aromatic rings. The average Bonchev–Trinajstić information content (AvgIpc) is 3.08. The minimum atomic E-state index is 0.221. The minimum absolute atomic E-state index is 0.221. The molecule has 0 bridgehead atoms. The van der Waals surface area contributed by atoms with Gasteiger partial charge in [-0.25, -0.2) is 0 Å². The number of benzene rings is 2. The molecule has 0 aromatic heterocycles. The number of para-hydroxylation sites is 1. The second-order valence-corrected chi connectivity index (χ2v) is 6.36. The largest absolute Gasteiger partial charge is 0.486 e. The third-order valence-electron chi connectivity index (χ3n) is 4.59. The quantitative estimate of drug-likeness (QED) is 0.911. The summed E-state index contributed by atoms with van der Waals surface area (Å²) in [5.41, 5.74) is 3.26. The molecule has 1 amide bonds. The van der Waals surface area contributed by atoms with Crippen LogP contribution in [0, 0.1) is 0 Å². The number of carbonyl (C=O) groups is 1. The average molecular weight is 338 g/mol. The Morgan fingerprint density at radius 1 is 1.04 bits per heavy atom. The van der Waals surface area contributed by atoms with Gasteiger partial charge in [-0.1, -0.05) is 24.3 Å². The molecule has 1 N–H and O–H groups in total. The zero-order valence-corrected chi connectivity index (χ0v) is 14.2. The maximum atomic E-state index is 11.9. The minimum Gasteiger partial charge on any atom is -0.486 e. The van der Waals surface area contributed by atoms with E-state index < -0.39 is 0 Å². The third kappa shape index (κ3) is 3.46. The molecule has 0 atom stereocenters. The molecular weight excluding hydrogens is 316 g/mol. The van der Waals surface area contributed by atoms with Crippen molar-refractivity contribution < 1.29 is 14.3 Å². The molecule has 0 radical (unpaired) electrons. The molecule has 2 aliphatic heterocycles. The molecule has 2 heterocycles. The summed E-state index contributed by atoms with van der Waals surface area (Å²) in [4.78, 5) is 13.8. The van der Waals surface area contributed by atoms with Gasteiger partial charge in [0, 0.05) is 37.3 Å². The van der Waals surface area contributed by atoms with Crippen molar-refractivity contribution in [3.8, 4) is 11.5 Å². The molecule has 2 aliphatic rings. The van der Waals surface area contributed by atoms with Crippen LogP contribution in [0.15, 0.2) is 42.5 Å². The van der Waals surface area contributed by atoms with Crippen LogP contribution in [-0.2, 0) is 17.9 Å². The Kier molecular flexibility index (Phi) is 4.57. The number of amides is 1. The second-order valence-electron chi connectivity index (χ2n) is 6.36. The SMILES string of the molecule is O=C1CCCN1c1cccc(CNCc2cccc3c2OCCO3)c1. The van der Waals surface area contributed by atoms with Crippen molar-refractivity contribution in [1.82, 2.24) is 5.32 Å². The van der Waals surface area contributed by atoms with Crippen LogP contribution >= 0.6 is 0 Å². The maximum absolute atomic E-state index is 11.9. The summed E-state index contributed by atoms with van der Waals surface area (Å²) in [6.07, 6.45) is 1.60. The summed E-state index contributed by atoms with van der Waals surface area (Å²) >= 11 is 0. The second kappa shape index (κ2) is 7.15. The zero-order valence-electron chi connectivity index (χ0n) is 14.2. The fourth-order valence-corrected chi connectivity index (χ4v) is 3.37. The number of nitrogens with zero attached hydrogens (tertiary/aromatic N) is 1. The van der Waals surface area contributed by atoms with Gasteiger partial charge in [0.1, 0.15) is 13.2 Å². The van der Waals surface area contributed by atoms with Crippen molar-refractivity contribution in [1.29, 1.82) is 0 Å². The summed E-state index contributed by atoms with van der Waals surface area (Å²) in [5, 5.41) is 3.46. The molecule has 0 aliphatic carbocycles. The standard InChI is InChI=1S/C20H22N2O3/c23-19-8-3-9-22(19)17-6-1-4-15(12-17)13-21-14-16-5-2-7-18-20(16)25-11-10-24-18/h1-2,4-7,12,21H,3,8-11,13-14H2. The number of fused-ring (bicyclic) bond motifs is 1. The van der Waals surface area contributed by atoms with E-state index in [1.807, 2.05) is 29.2 Å². The van der Waals surface area contributed by atoms with E-state index in [1.165, 1.54) is 5.56 Å². The lowest BCUT2D eigenvalue weighted by Gasteiger charge is -2.21. The first-order valence-corrected chi connectivity index (χ1v) is 8.79. The molecular formula is C20H22N2O3. The molecule has 4 rings (SSSR count). The number of hydrogen-bond donors (Lipinski definition) is 1. The highest BCUT2D eigenvalue weighted by Gasteiger charge is 2.21. The van der Waals surface area contributed by atoms with E-state index in [1.54, 1.807) is 0 Å². The normalized spacial score (nSPS) is 16.3. The van der Waals surface area contributed by atoms with Crippen LogP contribution in [0.4, 0.5) is 5.69 Å². The number of hydrogen-bond acceptors (Lipinski definition) is 4. The first-order chi connectivity index (χ1) is 12.3. The third-order valence-corrected chi connectivity index (χ3v) is 4.59. The van der Waals surface area contributed by atoms with Crippen molar-refractivity contribution >= 4 is 11.6 Å². The van der Waals surface area contributed by atoms with Crippen molar-refractivity contribution in [2.75, 3.05) is 24.7 Å². The van der Waals surface area contributed by atoms with Gasteiger partial charge in [0.15, 0.2) is 11.5 Å². The smallest absolute Gasteiger partial charge is 0.227 e.